The van der Waals surface area contributed by atoms with Gasteiger partial charge in [0.2, 0.25) is 5.91 Å². The average molecular weight is 283 g/mol. The summed E-state index contributed by atoms with van der Waals surface area (Å²) in [6, 6.07) is 6.11. The third kappa shape index (κ3) is 6.29. The van der Waals surface area contributed by atoms with Crippen LogP contribution in [0.4, 0.5) is 4.39 Å². The van der Waals surface area contributed by atoms with Crippen LogP contribution in [-0.4, -0.2) is 28.7 Å². The van der Waals surface area contributed by atoms with Crippen LogP contribution in [-0.2, 0) is 15.6 Å². The van der Waals surface area contributed by atoms with E-state index in [-0.39, 0.29) is 11.7 Å². The van der Waals surface area contributed by atoms with E-state index >= 15 is 0 Å². The Hall–Kier alpha value is -1.49. The maximum Gasteiger partial charge on any atom is 0.244 e. The van der Waals surface area contributed by atoms with Gasteiger partial charge in [0.15, 0.2) is 0 Å². The lowest BCUT2D eigenvalue weighted by Crippen LogP contribution is -2.23. The van der Waals surface area contributed by atoms with Crippen molar-refractivity contribution in [3.63, 3.8) is 0 Å². The fourth-order valence-electron chi connectivity index (χ4n) is 1.55. The normalized spacial score (nSPS) is 13.1. The van der Waals surface area contributed by atoms with Crippen molar-refractivity contribution in [3.8, 4) is 0 Å². The molecule has 0 heterocycles. The standard InChI is InChI=1S/C14H18FNO2S/c1-11(12-5-3-6-13(15)10-12)9-14(17)16-7-4-8-19(2)18/h3,5-6,9-10H,4,7-8H2,1-2H3,(H,16,17)/b11-9+/t19-/m0/s1. The molecule has 0 aromatic heterocycles. The molecule has 19 heavy (non-hydrogen) atoms. The van der Waals surface area contributed by atoms with Crippen LogP contribution in [0.15, 0.2) is 30.3 Å². The molecule has 1 aromatic carbocycles. The van der Waals surface area contributed by atoms with E-state index in [1.54, 1.807) is 25.3 Å². The number of benzene rings is 1. The molecule has 0 radical (unpaired) electrons. The van der Waals surface area contributed by atoms with Gasteiger partial charge in [-0.05, 0) is 36.6 Å². The summed E-state index contributed by atoms with van der Waals surface area (Å²) >= 11 is 0. The lowest BCUT2D eigenvalue weighted by Gasteiger charge is -2.04. The van der Waals surface area contributed by atoms with E-state index in [2.05, 4.69) is 5.32 Å². The predicted molar refractivity (Wildman–Crippen MR) is 76.6 cm³/mol. The van der Waals surface area contributed by atoms with E-state index in [4.69, 9.17) is 0 Å². The molecular weight excluding hydrogens is 265 g/mol. The fraction of sp³-hybridized carbons (Fsp3) is 0.357. The summed E-state index contributed by atoms with van der Waals surface area (Å²) in [5, 5.41) is 2.71. The Bertz CT molecular complexity index is 500. The first kappa shape index (κ1) is 15.6. The number of carbonyl (C=O) groups excluding carboxylic acids is 1. The minimum Gasteiger partial charge on any atom is -0.353 e. The molecule has 0 spiro atoms. The van der Waals surface area contributed by atoms with E-state index < -0.39 is 10.8 Å². The summed E-state index contributed by atoms with van der Waals surface area (Å²) in [5.74, 6) is 0.0343. The number of carbonyl (C=O) groups is 1. The van der Waals surface area contributed by atoms with Gasteiger partial charge in [0, 0.05) is 35.4 Å². The van der Waals surface area contributed by atoms with Gasteiger partial charge < -0.3 is 5.32 Å². The Labute approximate surface area is 115 Å². The van der Waals surface area contributed by atoms with Gasteiger partial charge in [-0.2, -0.15) is 0 Å². The summed E-state index contributed by atoms with van der Waals surface area (Å²) in [5.41, 5.74) is 1.39. The second kappa shape index (κ2) is 7.84. The van der Waals surface area contributed by atoms with Gasteiger partial charge >= 0.3 is 0 Å². The average Bonchev–Trinajstić information content (AvgIpc) is 2.34. The van der Waals surface area contributed by atoms with Crippen LogP contribution in [0.3, 0.4) is 0 Å². The molecule has 0 aliphatic carbocycles. The summed E-state index contributed by atoms with van der Waals surface area (Å²) in [4.78, 5) is 11.6. The SMILES string of the molecule is C/C(=C\C(=O)NCCC[S@](C)=O)c1cccc(F)c1. The van der Waals surface area contributed by atoms with Crippen LogP contribution in [0.25, 0.3) is 5.57 Å². The van der Waals surface area contributed by atoms with Crippen molar-refractivity contribution in [1.82, 2.24) is 5.32 Å². The Morgan fingerprint density at radius 2 is 2.21 bits per heavy atom. The van der Waals surface area contributed by atoms with E-state index in [1.165, 1.54) is 18.2 Å². The highest BCUT2D eigenvalue weighted by molar-refractivity contribution is 7.84. The van der Waals surface area contributed by atoms with Crippen molar-refractivity contribution < 1.29 is 13.4 Å². The molecule has 0 unspecified atom stereocenters. The zero-order valence-electron chi connectivity index (χ0n) is 11.1. The third-order valence-corrected chi connectivity index (χ3v) is 3.40. The monoisotopic (exact) mass is 283 g/mol. The molecule has 0 aliphatic rings. The zero-order chi connectivity index (χ0) is 14.3. The Balaban J connectivity index is 2.49. The van der Waals surface area contributed by atoms with Crippen molar-refractivity contribution in [1.29, 1.82) is 0 Å². The van der Waals surface area contributed by atoms with Gasteiger partial charge in [0.05, 0.1) is 0 Å². The number of hydrogen-bond donors (Lipinski definition) is 1. The molecule has 0 saturated carbocycles. The van der Waals surface area contributed by atoms with Crippen LogP contribution < -0.4 is 5.32 Å². The number of amides is 1. The topological polar surface area (TPSA) is 46.2 Å². The molecule has 104 valence electrons. The number of allylic oxidation sites excluding steroid dienone is 1. The Morgan fingerprint density at radius 1 is 1.47 bits per heavy atom. The van der Waals surface area contributed by atoms with Gasteiger partial charge in [-0.25, -0.2) is 4.39 Å². The first-order chi connectivity index (χ1) is 8.99. The van der Waals surface area contributed by atoms with Crippen LogP contribution in [0.1, 0.15) is 18.9 Å². The molecule has 0 fully saturated rings. The van der Waals surface area contributed by atoms with Gasteiger partial charge in [0.1, 0.15) is 5.82 Å². The first-order valence-electron chi connectivity index (χ1n) is 6.01. The predicted octanol–water partition coefficient (Wildman–Crippen LogP) is 2.11. The molecule has 1 rings (SSSR count). The molecule has 0 bridgehead atoms. The van der Waals surface area contributed by atoms with Crippen molar-refractivity contribution in [3.05, 3.63) is 41.7 Å². The van der Waals surface area contributed by atoms with Gasteiger partial charge in [-0.1, -0.05) is 12.1 Å². The third-order valence-electron chi connectivity index (χ3n) is 2.54. The number of nitrogens with one attached hydrogen (secondary N) is 1. The summed E-state index contributed by atoms with van der Waals surface area (Å²) < 4.78 is 23.9. The summed E-state index contributed by atoms with van der Waals surface area (Å²) in [6.07, 6.45) is 3.76. The quantitative estimate of drug-likeness (QED) is 0.642. The number of halogens is 1. The molecule has 0 saturated heterocycles. The minimum absolute atomic E-state index is 0.219. The Kier molecular flexibility index (Phi) is 6.42. The van der Waals surface area contributed by atoms with Gasteiger partial charge in [-0.15, -0.1) is 0 Å². The summed E-state index contributed by atoms with van der Waals surface area (Å²) in [7, 11) is -0.832. The molecule has 5 heteroatoms. The van der Waals surface area contributed by atoms with Gasteiger partial charge in [-0.3, -0.25) is 9.00 Å². The molecular formula is C14H18FNO2S. The highest BCUT2D eigenvalue weighted by Crippen LogP contribution is 2.14. The second-order valence-electron chi connectivity index (χ2n) is 4.26. The minimum atomic E-state index is -0.832. The lowest BCUT2D eigenvalue weighted by molar-refractivity contribution is -0.116. The van der Waals surface area contributed by atoms with Crippen molar-refractivity contribution >= 4 is 22.3 Å². The second-order valence-corrected chi connectivity index (χ2v) is 5.81. The maximum absolute atomic E-state index is 13.0. The van der Waals surface area contributed by atoms with E-state index in [9.17, 15) is 13.4 Å². The van der Waals surface area contributed by atoms with E-state index in [0.717, 1.165) is 0 Å². The number of rotatable bonds is 6. The van der Waals surface area contributed by atoms with Crippen LogP contribution in [0.2, 0.25) is 0 Å². The molecule has 3 nitrogen and oxygen atoms in total. The summed E-state index contributed by atoms with van der Waals surface area (Å²) in [6.45, 7) is 2.25. The number of hydrogen-bond acceptors (Lipinski definition) is 2. The van der Waals surface area contributed by atoms with Crippen LogP contribution >= 0.6 is 0 Å². The van der Waals surface area contributed by atoms with Crippen LogP contribution in [0, 0.1) is 5.82 Å². The molecule has 1 atom stereocenters. The smallest absolute Gasteiger partial charge is 0.244 e. The molecule has 0 aliphatic heterocycles. The van der Waals surface area contributed by atoms with Crippen LogP contribution in [0.5, 0.6) is 0 Å². The van der Waals surface area contributed by atoms with Crippen molar-refractivity contribution in [2.24, 2.45) is 0 Å². The largest absolute Gasteiger partial charge is 0.353 e. The molecule has 1 amide bonds. The lowest BCUT2D eigenvalue weighted by atomic mass is 10.1. The Morgan fingerprint density at radius 3 is 2.84 bits per heavy atom. The molecule has 1 N–H and O–H groups in total. The van der Waals surface area contributed by atoms with E-state index in [1.807, 2.05) is 0 Å². The first-order valence-corrected chi connectivity index (χ1v) is 7.74. The van der Waals surface area contributed by atoms with Crippen molar-refractivity contribution in [2.75, 3.05) is 18.6 Å². The fourth-order valence-corrected chi connectivity index (χ4v) is 2.10. The van der Waals surface area contributed by atoms with Gasteiger partial charge in [0.25, 0.3) is 0 Å². The highest BCUT2D eigenvalue weighted by atomic mass is 32.2. The zero-order valence-corrected chi connectivity index (χ0v) is 11.9. The highest BCUT2D eigenvalue weighted by Gasteiger charge is 2.01. The molecule has 1 aromatic rings. The van der Waals surface area contributed by atoms with E-state index in [0.29, 0.717) is 29.9 Å². The maximum atomic E-state index is 13.0. The van der Waals surface area contributed by atoms with Crippen molar-refractivity contribution in [2.45, 2.75) is 13.3 Å².